The minimum atomic E-state index is -3.57. The molecule has 0 saturated carbocycles. The normalized spacial score (nSPS) is 15.9. The van der Waals surface area contributed by atoms with Crippen molar-refractivity contribution < 1.29 is 13.2 Å². The molecule has 0 unspecified atom stereocenters. The van der Waals surface area contributed by atoms with Gasteiger partial charge >= 0.3 is 0 Å². The Morgan fingerprint density at radius 1 is 1.21 bits per heavy atom. The molecule has 1 fully saturated rings. The molecule has 10 heteroatoms. The van der Waals surface area contributed by atoms with Gasteiger partial charge in [0.15, 0.2) is 0 Å². The highest BCUT2D eigenvalue weighted by molar-refractivity contribution is 7.89. The topological polar surface area (TPSA) is 73.8 Å². The van der Waals surface area contributed by atoms with E-state index in [-0.39, 0.29) is 23.9 Å². The first-order valence-electron chi connectivity index (χ1n) is 8.89. The summed E-state index contributed by atoms with van der Waals surface area (Å²) in [5, 5.41) is 1.50. The second kappa shape index (κ2) is 8.87. The van der Waals surface area contributed by atoms with Gasteiger partial charge in [0.25, 0.3) is 0 Å². The van der Waals surface area contributed by atoms with Crippen LogP contribution in [0.1, 0.15) is 9.88 Å². The molecule has 1 saturated heterocycles. The fourth-order valence-electron chi connectivity index (χ4n) is 3.06. The number of aromatic nitrogens is 1. The number of sulfonamides is 1. The van der Waals surface area contributed by atoms with E-state index >= 15 is 0 Å². The van der Waals surface area contributed by atoms with Crippen molar-refractivity contribution >= 4 is 38.9 Å². The number of likely N-dealkylation sites (N-methyl/N-ethyl adjacent to an activating group) is 1. The zero-order valence-corrected chi connectivity index (χ0v) is 18.2. The van der Waals surface area contributed by atoms with Gasteiger partial charge in [-0.2, -0.15) is 4.31 Å². The minimum Gasteiger partial charge on any atom is -0.339 e. The Bertz CT molecular complexity index is 923. The van der Waals surface area contributed by atoms with Crippen molar-refractivity contribution in [2.75, 3.05) is 39.8 Å². The maximum absolute atomic E-state index is 12.7. The zero-order chi connectivity index (χ0) is 20.3. The first-order chi connectivity index (χ1) is 13.3. The predicted octanol–water partition coefficient (Wildman–Crippen LogP) is 2.07. The Hall–Kier alpha value is -1.52. The number of nitrogens with zero attached hydrogens (tertiary/aromatic N) is 4. The fraction of sp³-hybridized carbons (Fsp3) is 0.444. The van der Waals surface area contributed by atoms with E-state index in [9.17, 15) is 13.2 Å². The molecular weight excluding hydrogens is 420 g/mol. The summed E-state index contributed by atoms with van der Waals surface area (Å²) in [5.74, 6) is 0.00674. The molecule has 0 spiro atoms. The summed E-state index contributed by atoms with van der Waals surface area (Å²) in [6.07, 6.45) is 1.83. The molecule has 0 N–H and O–H groups in total. The van der Waals surface area contributed by atoms with Gasteiger partial charge in [0.1, 0.15) is 0 Å². The number of halogens is 1. The monoisotopic (exact) mass is 442 g/mol. The Labute approximate surface area is 174 Å². The number of rotatable bonds is 6. The van der Waals surface area contributed by atoms with E-state index in [4.69, 9.17) is 11.6 Å². The molecule has 1 amide bonds. The summed E-state index contributed by atoms with van der Waals surface area (Å²) in [6.45, 7) is 4.27. The van der Waals surface area contributed by atoms with Gasteiger partial charge in [0.2, 0.25) is 15.9 Å². The quantitative estimate of drug-likeness (QED) is 0.684. The van der Waals surface area contributed by atoms with Crippen molar-refractivity contribution in [2.24, 2.45) is 0 Å². The average molecular weight is 443 g/mol. The molecule has 2 heterocycles. The number of benzene rings is 1. The fourth-order valence-corrected chi connectivity index (χ4v) is 5.49. The van der Waals surface area contributed by atoms with Gasteiger partial charge < -0.3 is 4.90 Å². The average Bonchev–Trinajstić information content (AvgIpc) is 3.06. The molecule has 2 aromatic rings. The zero-order valence-electron chi connectivity index (χ0n) is 15.8. The summed E-state index contributed by atoms with van der Waals surface area (Å²) in [7, 11) is -1.67. The lowest BCUT2D eigenvalue weighted by Crippen LogP contribution is -2.52. The largest absolute Gasteiger partial charge is 0.339 e. The number of thiazole rings is 1. The maximum Gasteiger partial charge on any atom is 0.243 e. The van der Waals surface area contributed by atoms with Gasteiger partial charge in [-0.05, 0) is 38.2 Å². The SMILES string of the molecule is Cc1ncc(CN(C)CC(=O)N2CCN(S(=O)(=O)c3ccc(Cl)cc3)CC2)s1. The van der Waals surface area contributed by atoms with Crippen molar-refractivity contribution in [3.63, 3.8) is 0 Å². The number of amides is 1. The number of carbonyl (C=O) groups is 1. The predicted molar refractivity (Wildman–Crippen MR) is 110 cm³/mol. The molecule has 1 aliphatic heterocycles. The Morgan fingerprint density at radius 3 is 2.43 bits per heavy atom. The molecule has 0 radical (unpaired) electrons. The van der Waals surface area contributed by atoms with Gasteiger partial charge in [-0.25, -0.2) is 13.4 Å². The highest BCUT2D eigenvalue weighted by Gasteiger charge is 2.30. The molecule has 7 nitrogen and oxygen atoms in total. The van der Waals surface area contributed by atoms with E-state index in [1.165, 1.54) is 16.4 Å². The van der Waals surface area contributed by atoms with E-state index in [0.717, 1.165) is 9.88 Å². The third-order valence-corrected chi connectivity index (χ3v) is 7.61. The van der Waals surface area contributed by atoms with Crippen LogP contribution < -0.4 is 0 Å². The van der Waals surface area contributed by atoms with Crippen LogP contribution in [0.4, 0.5) is 0 Å². The van der Waals surface area contributed by atoms with Crippen LogP contribution in [0.2, 0.25) is 5.02 Å². The van der Waals surface area contributed by atoms with Crippen LogP contribution in [0.5, 0.6) is 0 Å². The Balaban J connectivity index is 1.52. The van der Waals surface area contributed by atoms with E-state index in [1.54, 1.807) is 28.4 Å². The van der Waals surface area contributed by atoms with Crippen molar-refractivity contribution in [3.8, 4) is 0 Å². The molecule has 3 rings (SSSR count). The van der Waals surface area contributed by atoms with E-state index in [1.807, 2.05) is 25.1 Å². The highest BCUT2D eigenvalue weighted by atomic mass is 35.5. The van der Waals surface area contributed by atoms with Crippen LogP contribution >= 0.6 is 22.9 Å². The minimum absolute atomic E-state index is 0.00674. The molecule has 1 aromatic heterocycles. The van der Waals surface area contributed by atoms with Gasteiger partial charge in [-0.15, -0.1) is 11.3 Å². The van der Waals surface area contributed by atoms with Crippen LogP contribution in [0.3, 0.4) is 0 Å². The second-order valence-electron chi connectivity index (χ2n) is 6.76. The number of carbonyl (C=O) groups excluding carboxylic acids is 1. The number of hydrogen-bond acceptors (Lipinski definition) is 6. The van der Waals surface area contributed by atoms with Gasteiger partial charge in [0.05, 0.1) is 16.4 Å². The summed E-state index contributed by atoms with van der Waals surface area (Å²) < 4.78 is 26.9. The third kappa shape index (κ3) is 5.09. The lowest BCUT2D eigenvalue weighted by atomic mass is 10.3. The van der Waals surface area contributed by atoms with Crippen LogP contribution in [0.15, 0.2) is 35.4 Å². The molecule has 28 heavy (non-hydrogen) atoms. The van der Waals surface area contributed by atoms with Crippen LogP contribution in [0, 0.1) is 6.92 Å². The van der Waals surface area contributed by atoms with Crippen LogP contribution in [-0.4, -0.2) is 73.2 Å². The molecular formula is C18H23ClN4O3S2. The molecule has 152 valence electrons. The van der Waals surface area contributed by atoms with Crippen molar-refractivity contribution in [2.45, 2.75) is 18.4 Å². The van der Waals surface area contributed by atoms with Crippen molar-refractivity contribution in [3.05, 3.63) is 45.4 Å². The first-order valence-corrected chi connectivity index (χ1v) is 11.5. The Kier molecular flexibility index (Phi) is 6.72. The molecule has 0 aliphatic carbocycles. The van der Waals surface area contributed by atoms with E-state index in [2.05, 4.69) is 4.98 Å². The summed E-state index contributed by atoms with van der Waals surface area (Å²) in [4.78, 5) is 21.8. The van der Waals surface area contributed by atoms with Crippen LogP contribution in [0.25, 0.3) is 0 Å². The van der Waals surface area contributed by atoms with E-state index in [0.29, 0.717) is 31.2 Å². The second-order valence-corrected chi connectivity index (χ2v) is 10.5. The van der Waals surface area contributed by atoms with Gasteiger partial charge in [0, 0.05) is 48.8 Å². The lowest BCUT2D eigenvalue weighted by molar-refractivity contribution is -0.133. The van der Waals surface area contributed by atoms with Gasteiger partial charge in [-0.3, -0.25) is 9.69 Å². The third-order valence-electron chi connectivity index (χ3n) is 4.54. The number of hydrogen-bond donors (Lipinski definition) is 0. The van der Waals surface area contributed by atoms with Crippen LogP contribution in [-0.2, 0) is 21.4 Å². The summed E-state index contributed by atoms with van der Waals surface area (Å²) in [5.41, 5.74) is 0. The highest BCUT2D eigenvalue weighted by Crippen LogP contribution is 2.20. The molecule has 0 bridgehead atoms. The molecule has 1 aromatic carbocycles. The van der Waals surface area contributed by atoms with Crippen molar-refractivity contribution in [1.82, 2.24) is 19.1 Å². The smallest absolute Gasteiger partial charge is 0.243 e. The summed E-state index contributed by atoms with van der Waals surface area (Å²) >= 11 is 7.46. The first kappa shape index (κ1) is 21.2. The maximum atomic E-state index is 12.7. The van der Waals surface area contributed by atoms with Gasteiger partial charge in [-0.1, -0.05) is 11.6 Å². The van der Waals surface area contributed by atoms with E-state index < -0.39 is 10.0 Å². The lowest BCUT2D eigenvalue weighted by Gasteiger charge is -2.34. The number of piperazine rings is 1. The molecule has 1 aliphatic rings. The standard InChI is InChI=1S/C18H23ClN4O3S2/c1-14-20-11-16(27-14)12-21(2)13-18(24)22-7-9-23(10-8-22)28(25,26)17-5-3-15(19)4-6-17/h3-6,11H,7-10,12-13H2,1-2H3. The van der Waals surface area contributed by atoms with Crippen molar-refractivity contribution in [1.29, 1.82) is 0 Å². The number of aryl methyl sites for hydroxylation is 1. The Morgan fingerprint density at radius 2 is 1.86 bits per heavy atom. The molecule has 0 atom stereocenters. The summed E-state index contributed by atoms with van der Waals surface area (Å²) in [6, 6.07) is 6.14.